The monoisotopic (exact) mass is 266 g/mol. The largest absolute Gasteiger partial charge is 0.359 e. The number of carbonyl (C=O) groups is 2. The highest BCUT2D eigenvalue weighted by atomic mass is 32.1. The minimum Gasteiger partial charge on any atom is -0.359 e. The van der Waals surface area contributed by atoms with E-state index in [1.807, 2.05) is 17.5 Å². The number of ketones is 1. The van der Waals surface area contributed by atoms with E-state index < -0.39 is 0 Å². The Bertz CT molecular complexity index is 417. The van der Waals surface area contributed by atoms with Crippen LogP contribution in [-0.4, -0.2) is 43.3 Å². The molecule has 1 aliphatic heterocycles. The molecule has 18 heavy (non-hydrogen) atoms. The molecule has 1 aliphatic rings. The summed E-state index contributed by atoms with van der Waals surface area (Å²) in [6, 6.07) is 3.74. The van der Waals surface area contributed by atoms with Crippen LogP contribution in [-0.2, 0) is 4.79 Å². The summed E-state index contributed by atoms with van der Waals surface area (Å²) in [7, 11) is 1.66. The van der Waals surface area contributed by atoms with Gasteiger partial charge in [0.05, 0.1) is 17.3 Å². The molecule has 0 spiro atoms. The van der Waals surface area contributed by atoms with Gasteiger partial charge >= 0.3 is 0 Å². The Morgan fingerprint density at radius 3 is 3.06 bits per heavy atom. The standard InChI is InChI=1S/C13H18N2O2S/c1-14-13(17)10-4-2-6-15(8-10)9-11(16)12-5-3-7-18-12/h3,5,7,10H,2,4,6,8-9H2,1H3,(H,14,17). The van der Waals surface area contributed by atoms with E-state index in [1.54, 1.807) is 7.05 Å². The average molecular weight is 266 g/mol. The van der Waals surface area contributed by atoms with E-state index in [4.69, 9.17) is 0 Å². The number of nitrogens with zero attached hydrogens (tertiary/aromatic N) is 1. The first-order chi connectivity index (χ1) is 8.70. The van der Waals surface area contributed by atoms with Crippen LogP contribution in [0.5, 0.6) is 0 Å². The molecule has 1 atom stereocenters. The molecule has 98 valence electrons. The number of piperidine rings is 1. The lowest BCUT2D eigenvalue weighted by Crippen LogP contribution is -2.43. The lowest BCUT2D eigenvalue weighted by atomic mass is 9.97. The molecule has 2 rings (SSSR count). The van der Waals surface area contributed by atoms with Gasteiger partial charge in [0.1, 0.15) is 0 Å². The maximum Gasteiger partial charge on any atom is 0.224 e. The van der Waals surface area contributed by atoms with Crippen LogP contribution in [0.4, 0.5) is 0 Å². The van der Waals surface area contributed by atoms with Crippen molar-refractivity contribution < 1.29 is 9.59 Å². The van der Waals surface area contributed by atoms with E-state index in [9.17, 15) is 9.59 Å². The molecule has 5 heteroatoms. The number of likely N-dealkylation sites (tertiary alicyclic amines) is 1. The zero-order valence-corrected chi connectivity index (χ0v) is 11.3. The van der Waals surface area contributed by atoms with E-state index in [0.29, 0.717) is 13.1 Å². The van der Waals surface area contributed by atoms with Crippen molar-refractivity contribution >= 4 is 23.0 Å². The predicted octanol–water partition coefficient (Wildman–Crippen LogP) is 1.39. The van der Waals surface area contributed by atoms with Gasteiger partial charge in [0.15, 0.2) is 5.78 Å². The van der Waals surface area contributed by atoms with Crippen LogP contribution in [0.25, 0.3) is 0 Å². The van der Waals surface area contributed by atoms with Gasteiger partial charge in [0, 0.05) is 13.6 Å². The first-order valence-corrected chi connectivity index (χ1v) is 7.09. The van der Waals surface area contributed by atoms with Gasteiger partial charge in [-0.3, -0.25) is 14.5 Å². The zero-order chi connectivity index (χ0) is 13.0. The van der Waals surface area contributed by atoms with E-state index in [-0.39, 0.29) is 17.6 Å². The molecule has 0 bridgehead atoms. The smallest absolute Gasteiger partial charge is 0.224 e. The second-order valence-electron chi connectivity index (χ2n) is 4.59. The number of nitrogens with one attached hydrogen (secondary N) is 1. The van der Waals surface area contributed by atoms with Crippen LogP contribution in [0.3, 0.4) is 0 Å². The number of carbonyl (C=O) groups excluding carboxylic acids is 2. The van der Waals surface area contributed by atoms with Crippen molar-refractivity contribution in [3.8, 4) is 0 Å². The Morgan fingerprint density at radius 2 is 2.39 bits per heavy atom. The average Bonchev–Trinajstić information content (AvgIpc) is 2.92. The molecule has 2 heterocycles. The Morgan fingerprint density at radius 1 is 1.56 bits per heavy atom. The van der Waals surface area contributed by atoms with E-state index in [2.05, 4.69) is 10.2 Å². The van der Waals surface area contributed by atoms with E-state index in [1.165, 1.54) is 11.3 Å². The molecular formula is C13H18N2O2S. The summed E-state index contributed by atoms with van der Waals surface area (Å²) in [6.45, 7) is 2.02. The summed E-state index contributed by atoms with van der Waals surface area (Å²) in [6.07, 6.45) is 1.90. The summed E-state index contributed by atoms with van der Waals surface area (Å²) >= 11 is 1.48. The third-order valence-electron chi connectivity index (χ3n) is 3.29. The molecule has 1 aromatic heterocycles. The number of hydrogen-bond acceptors (Lipinski definition) is 4. The maximum atomic E-state index is 12.0. The molecule has 0 radical (unpaired) electrons. The summed E-state index contributed by atoms with van der Waals surface area (Å²) in [4.78, 5) is 26.5. The van der Waals surface area contributed by atoms with Crippen molar-refractivity contribution in [3.05, 3.63) is 22.4 Å². The Balaban J connectivity index is 1.90. The Kier molecular flexibility index (Phi) is 4.49. The minimum absolute atomic E-state index is 0.0277. The second kappa shape index (κ2) is 6.11. The van der Waals surface area contributed by atoms with Gasteiger partial charge in [-0.1, -0.05) is 6.07 Å². The number of hydrogen-bond donors (Lipinski definition) is 1. The Labute approximate surface area is 111 Å². The number of amides is 1. The predicted molar refractivity (Wildman–Crippen MR) is 71.9 cm³/mol. The fourth-order valence-corrected chi connectivity index (χ4v) is 2.99. The molecule has 0 saturated carbocycles. The lowest BCUT2D eigenvalue weighted by molar-refractivity contribution is -0.126. The van der Waals surface area contributed by atoms with Gasteiger partial charge in [-0.2, -0.15) is 0 Å². The summed E-state index contributed by atoms with van der Waals surface area (Å²) < 4.78 is 0. The van der Waals surface area contributed by atoms with Crippen molar-refractivity contribution in [3.63, 3.8) is 0 Å². The van der Waals surface area contributed by atoms with Crippen LogP contribution in [0.2, 0.25) is 0 Å². The SMILES string of the molecule is CNC(=O)C1CCCN(CC(=O)c2cccs2)C1. The highest BCUT2D eigenvalue weighted by Crippen LogP contribution is 2.18. The fourth-order valence-electron chi connectivity index (χ4n) is 2.34. The van der Waals surface area contributed by atoms with Crippen LogP contribution >= 0.6 is 11.3 Å². The Hall–Kier alpha value is -1.20. The third kappa shape index (κ3) is 3.17. The van der Waals surface area contributed by atoms with Gasteiger partial charge < -0.3 is 5.32 Å². The van der Waals surface area contributed by atoms with Crippen molar-refractivity contribution in [1.82, 2.24) is 10.2 Å². The molecule has 0 aromatic carbocycles. The van der Waals surface area contributed by atoms with Crippen molar-refractivity contribution in [1.29, 1.82) is 0 Å². The highest BCUT2D eigenvalue weighted by Gasteiger charge is 2.26. The second-order valence-corrected chi connectivity index (χ2v) is 5.54. The van der Waals surface area contributed by atoms with E-state index >= 15 is 0 Å². The normalized spacial score (nSPS) is 20.6. The first-order valence-electron chi connectivity index (χ1n) is 6.21. The van der Waals surface area contributed by atoms with Gasteiger partial charge in [-0.05, 0) is 30.8 Å². The molecule has 4 nitrogen and oxygen atoms in total. The summed E-state index contributed by atoms with van der Waals surface area (Å²) in [5, 5.41) is 4.60. The molecule has 1 unspecified atom stereocenters. The molecule has 1 saturated heterocycles. The molecular weight excluding hydrogens is 248 g/mol. The maximum absolute atomic E-state index is 12.0. The number of thiophene rings is 1. The van der Waals surface area contributed by atoms with Gasteiger partial charge in [-0.25, -0.2) is 0 Å². The van der Waals surface area contributed by atoms with Gasteiger partial charge in [0.25, 0.3) is 0 Å². The molecule has 0 aliphatic carbocycles. The molecule has 1 N–H and O–H groups in total. The van der Waals surface area contributed by atoms with Gasteiger partial charge in [-0.15, -0.1) is 11.3 Å². The fraction of sp³-hybridized carbons (Fsp3) is 0.538. The lowest BCUT2D eigenvalue weighted by Gasteiger charge is -2.31. The zero-order valence-electron chi connectivity index (χ0n) is 10.5. The van der Waals surface area contributed by atoms with Crippen LogP contribution in [0.15, 0.2) is 17.5 Å². The topological polar surface area (TPSA) is 49.4 Å². The van der Waals surface area contributed by atoms with Crippen LogP contribution in [0.1, 0.15) is 22.5 Å². The highest BCUT2D eigenvalue weighted by molar-refractivity contribution is 7.12. The van der Waals surface area contributed by atoms with E-state index in [0.717, 1.165) is 24.3 Å². The molecule has 1 fully saturated rings. The van der Waals surface area contributed by atoms with Crippen LogP contribution < -0.4 is 5.32 Å². The molecule has 1 amide bonds. The van der Waals surface area contributed by atoms with Crippen molar-refractivity contribution in [2.24, 2.45) is 5.92 Å². The number of Topliss-reactive ketones (excluding diaryl/α,β-unsaturated/α-hetero) is 1. The molecule has 1 aromatic rings. The summed E-state index contributed by atoms with van der Waals surface area (Å²) in [5.41, 5.74) is 0. The quantitative estimate of drug-likeness (QED) is 0.838. The van der Waals surface area contributed by atoms with Crippen molar-refractivity contribution in [2.75, 3.05) is 26.7 Å². The third-order valence-corrected chi connectivity index (χ3v) is 4.20. The van der Waals surface area contributed by atoms with Crippen molar-refractivity contribution in [2.45, 2.75) is 12.8 Å². The van der Waals surface area contributed by atoms with Gasteiger partial charge in [0.2, 0.25) is 5.91 Å². The minimum atomic E-state index is 0.0277. The summed E-state index contributed by atoms with van der Waals surface area (Å²) in [5.74, 6) is 0.269. The number of rotatable bonds is 4. The van der Waals surface area contributed by atoms with Crippen LogP contribution in [0, 0.1) is 5.92 Å². The first kappa shape index (κ1) is 13.2.